The van der Waals surface area contributed by atoms with Gasteiger partial charge in [-0.25, -0.2) is 0 Å². The van der Waals surface area contributed by atoms with Crippen molar-refractivity contribution in [3.63, 3.8) is 0 Å². The number of hydrogen-bond donors (Lipinski definition) is 1. The van der Waals surface area contributed by atoms with Crippen LogP contribution in [0, 0.1) is 0 Å². The fraction of sp³-hybridized carbons (Fsp3) is 0.211. The van der Waals surface area contributed by atoms with E-state index in [-0.39, 0.29) is 18.4 Å². The van der Waals surface area contributed by atoms with Crippen LogP contribution in [0.3, 0.4) is 0 Å². The minimum atomic E-state index is -0.224. The number of carbonyl (C=O) groups excluding carboxylic acids is 1. The maximum absolute atomic E-state index is 12.5. The molecule has 1 aromatic heterocycles. The molecule has 25 heavy (non-hydrogen) atoms. The van der Waals surface area contributed by atoms with Crippen molar-refractivity contribution < 1.29 is 9.53 Å². The van der Waals surface area contributed by atoms with E-state index in [1.54, 1.807) is 10.9 Å². The van der Waals surface area contributed by atoms with Crippen molar-refractivity contribution in [3.8, 4) is 5.69 Å². The number of benzene rings is 2. The number of para-hydroxylation sites is 1. The Morgan fingerprint density at radius 3 is 2.84 bits per heavy atom. The van der Waals surface area contributed by atoms with Gasteiger partial charge in [0, 0.05) is 0 Å². The summed E-state index contributed by atoms with van der Waals surface area (Å²) < 4.78 is 7.55. The quantitative estimate of drug-likeness (QED) is 0.796. The van der Waals surface area contributed by atoms with Crippen LogP contribution in [0.15, 0.2) is 60.9 Å². The first-order valence-electron chi connectivity index (χ1n) is 8.26. The van der Waals surface area contributed by atoms with Gasteiger partial charge in [-0.05, 0) is 29.7 Å². The first-order valence-corrected chi connectivity index (χ1v) is 8.26. The molecule has 6 heteroatoms. The molecule has 0 spiro atoms. The summed E-state index contributed by atoms with van der Waals surface area (Å²) in [7, 11) is 0. The van der Waals surface area contributed by atoms with Crippen LogP contribution in [0.5, 0.6) is 0 Å². The maximum Gasteiger partial charge on any atom is 0.235 e. The molecule has 1 aliphatic rings. The topological polar surface area (TPSA) is 69.0 Å². The molecule has 1 N–H and O–H groups in total. The van der Waals surface area contributed by atoms with Gasteiger partial charge in [0.15, 0.2) is 0 Å². The van der Waals surface area contributed by atoms with E-state index in [0.29, 0.717) is 12.6 Å². The number of rotatable bonds is 4. The summed E-state index contributed by atoms with van der Waals surface area (Å²) >= 11 is 0. The summed E-state index contributed by atoms with van der Waals surface area (Å²) in [5.74, 6) is 0.257. The number of aromatic nitrogens is 3. The molecule has 0 saturated carbocycles. The summed E-state index contributed by atoms with van der Waals surface area (Å²) in [6.45, 7) is 0.634. The predicted molar refractivity (Wildman–Crippen MR) is 93.4 cm³/mol. The second kappa shape index (κ2) is 6.86. The van der Waals surface area contributed by atoms with Crippen LogP contribution in [0.1, 0.15) is 23.7 Å². The zero-order chi connectivity index (χ0) is 17.1. The standard InChI is InChI=1S/C19H18N4O2/c24-18(12-17-16-9-5-4-6-14(16)10-11-25-17)21-19-22-20-13-23(19)15-7-2-1-3-8-15/h1-9,13,17H,10-12H2,(H,21,22,24)/t17-/m0/s1. The second-order valence-corrected chi connectivity index (χ2v) is 5.92. The highest BCUT2D eigenvalue weighted by atomic mass is 16.5. The zero-order valence-corrected chi connectivity index (χ0v) is 13.6. The second-order valence-electron chi connectivity index (χ2n) is 5.92. The Hall–Kier alpha value is -2.99. The lowest BCUT2D eigenvalue weighted by Gasteiger charge is -2.25. The highest BCUT2D eigenvalue weighted by molar-refractivity contribution is 5.89. The van der Waals surface area contributed by atoms with Crippen LogP contribution < -0.4 is 5.32 Å². The van der Waals surface area contributed by atoms with E-state index < -0.39 is 0 Å². The van der Waals surface area contributed by atoms with Crippen LogP contribution >= 0.6 is 0 Å². The Kier molecular flexibility index (Phi) is 4.26. The number of ether oxygens (including phenoxy) is 1. The van der Waals surface area contributed by atoms with Crippen molar-refractivity contribution >= 4 is 11.9 Å². The van der Waals surface area contributed by atoms with Gasteiger partial charge in [-0.2, -0.15) is 0 Å². The Balaban J connectivity index is 1.49. The smallest absolute Gasteiger partial charge is 0.235 e. The molecule has 0 saturated heterocycles. The van der Waals surface area contributed by atoms with E-state index >= 15 is 0 Å². The minimum absolute atomic E-state index is 0.146. The molecule has 6 nitrogen and oxygen atoms in total. The fourth-order valence-corrected chi connectivity index (χ4v) is 3.09. The molecule has 0 fully saturated rings. The third-order valence-electron chi connectivity index (χ3n) is 4.30. The Labute approximate surface area is 145 Å². The molecule has 1 aliphatic heterocycles. The SMILES string of the molecule is O=C(C[C@@H]1OCCc2ccccc21)Nc1nncn1-c1ccccc1. The first-order chi connectivity index (χ1) is 12.3. The highest BCUT2D eigenvalue weighted by Gasteiger charge is 2.23. The minimum Gasteiger partial charge on any atom is -0.373 e. The number of fused-ring (bicyclic) bond motifs is 1. The molecule has 0 unspecified atom stereocenters. The Bertz CT molecular complexity index is 876. The molecule has 0 aliphatic carbocycles. The highest BCUT2D eigenvalue weighted by Crippen LogP contribution is 2.29. The van der Waals surface area contributed by atoms with Gasteiger partial charge in [0.2, 0.25) is 11.9 Å². The molecular formula is C19H18N4O2. The largest absolute Gasteiger partial charge is 0.373 e. The van der Waals surface area contributed by atoms with E-state index in [9.17, 15) is 4.79 Å². The van der Waals surface area contributed by atoms with Gasteiger partial charge in [0.05, 0.1) is 24.8 Å². The molecule has 3 aromatic rings. The van der Waals surface area contributed by atoms with Gasteiger partial charge >= 0.3 is 0 Å². The zero-order valence-electron chi connectivity index (χ0n) is 13.6. The summed E-state index contributed by atoms with van der Waals surface area (Å²) in [6.07, 6.45) is 2.49. The fourth-order valence-electron chi connectivity index (χ4n) is 3.09. The normalized spacial score (nSPS) is 16.2. The van der Waals surface area contributed by atoms with Crippen molar-refractivity contribution in [2.75, 3.05) is 11.9 Å². The van der Waals surface area contributed by atoms with Crippen LogP contribution in [0.25, 0.3) is 5.69 Å². The third-order valence-corrected chi connectivity index (χ3v) is 4.30. The van der Waals surface area contributed by atoms with Gasteiger partial charge in [-0.1, -0.05) is 42.5 Å². The monoisotopic (exact) mass is 334 g/mol. The van der Waals surface area contributed by atoms with Crippen LogP contribution in [-0.2, 0) is 16.0 Å². The number of nitrogens with one attached hydrogen (secondary N) is 1. The average molecular weight is 334 g/mol. The van der Waals surface area contributed by atoms with Crippen molar-refractivity contribution in [2.24, 2.45) is 0 Å². The lowest BCUT2D eigenvalue weighted by Crippen LogP contribution is -2.23. The number of carbonyl (C=O) groups is 1. The van der Waals surface area contributed by atoms with Crippen molar-refractivity contribution in [1.29, 1.82) is 0 Å². The average Bonchev–Trinajstić information content (AvgIpc) is 3.11. The maximum atomic E-state index is 12.5. The molecule has 0 bridgehead atoms. The first kappa shape index (κ1) is 15.5. The molecule has 2 heterocycles. The molecule has 2 aromatic carbocycles. The molecule has 126 valence electrons. The molecule has 1 atom stereocenters. The van der Waals surface area contributed by atoms with Gasteiger partial charge < -0.3 is 4.74 Å². The van der Waals surface area contributed by atoms with Gasteiger partial charge in [-0.15, -0.1) is 10.2 Å². The predicted octanol–water partition coefficient (Wildman–Crippen LogP) is 2.91. The lowest BCUT2D eigenvalue weighted by molar-refractivity contribution is -0.119. The summed E-state index contributed by atoms with van der Waals surface area (Å²) in [4.78, 5) is 12.5. The van der Waals surface area contributed by atoms with Crippen molar-refractivity contribution in [1.82, 2.24) is 14.8 Å². The van der Waals surface area contributed by atoms with E-state index in [1.165, 1.54) is 5.56 Å². The van der Waals surface area contributed by atoms with Gasteiger partial charge in [0.1, 0.15) is 6.33 Å². The molecule has 1 amide bonds. The van der Waals surface area contributed by atoms with E-state index in [1.807, 2.05) is 48.5 Å². The van der Waals surface area contributed by atoms with Crippen LogP contribution in [-0.4, -0.2) is 27.3 Å². The van der Waals surface area contributed by atoms with Gasteiger partial charge in [-0.3, -0.25) is 14.7 Å². The number of hydrogen-bond acceptors (Lipinski definition) is 4. The Morgan fingerprint density at radius 1 is 1.16 bits per heavy atom. The molecule has 4 rings (SSSR count). The molecule has 0 radical (unpaired) electrons. The van der Waals surface area contributed by atoms with E-state index in [0.717, 1.165) is 17.7 Å². The summed E-state index contributed by atoms with van der Waals surface area (Å²) in [6, 6.07) is 17.8. The summed E-state index contributed by atoms with van der Waals surface area (Å²) in [5.41, 5.74) is 3.23. The van der Waals surface area contributed by atoms with Crippen LogP contribution in [0.2, 0.25) is 0 Å². The van der Waals surface area contributed by atoms with Gasteiger partial charge in [0.25, 0.3) is 0 Å². The number of nitrogens with zero attached hydrogens (tertiary/aromatic N) is 3. The van der Waals surface area contributed by atoms with E-state index in [4.69, 9.17) is 4.74 Å². The van der Waals surface area contributed by atoms with E-state index in [2.05, 4.69) is 21.6 Å². The lowest BCUT2D eigenvalue weighted by atomic mass is 9.96. The van der Waals surface area contributed by atoms with Crippen molar-refractivity contribution in [2.45, 2.75) is 18.9 Å². The van der Waals surface area contributed by atoms with Crippen LogP contribution in [0.4, 0.5) is 5.95 Å². The summed E-state index contributed by atoms with van der Waals surface area (Å²) in [5, 5.41) is 10.7. The number of amides is 1. The number of anilines is 1. The molecular weight excluding hydrogens is 316 g/mol. The van der Waals surface area contributed by atoms with Crippen molar-refractivity contribution in [3.05, 3.63) is 72.1 Å². The third kappa shape index (κ3) is 3.29. The Morgan fingerprint density at radius 2 is 1.96 bits per heavy atom.